The summed E-state index contributed by atoms with van der Waals surface area (Å²) in [6, 6.07) is 1.50. The first-order chi connectivity index (χ1) is 8.00. The molecule has 1 aliphatic heterocycles. The minimum absolute atomic E-state index is 0.0269. The van der Waals surface area contributed by atoms with Crippen molar-refractivity contribution < 1.29 is 18.3 Å². The first kappa shape index (κ1) is 12.1. The molecule has 17 heavy (non-hydrogen) atoms. The van der Waals surface area contributed by atoms with Crippen LogP contribution in [0.15, 0.2) is 23.4 Å². The quantitative estimate of drug-likeness (QED) is 0.822. The minimum Gasteiger partial charge on any atom is -0.481 e. The summed E-state index contributed by atoms with van der Waals surface area (Å²) in [5.74, 6) is -0.961. The van der Waals surface area contributed by atoms with E-state index in [9.17, 15) is 13.2 Å². The highest BCUT2D eigenvalue weighted by atomic mass is 32.2. The molecule has 2 heterocycles. The molecule has 6 nitrogen and oxygen atoms in total. The van der Waals surface area contributed by atoms with E-state index in [1.54, 1.807) is 6.20 Å². The van der Waals surface area contributed by atoms with E-state index in [0.29, 0.717) is 19.5 Å². The molecule has 0 aliphatic carbocycles. The molecule has 1 aromatic heterocycles. The SMILES string of the molecule is O=C(O)CC1CCN(S(=O)(=O)c2cc[nH]c2)C1. The Balaban J connectivity index is 2.08. The maximum Gasteiger partial charge on any atom is 0.303 e. The van der Waals surface area contributed by atoms with Gasteiger partial charge in [0.25, 0.3) is 0 Å². The van der Waals surface area contributed by atoms with E-state index in [1.807, 2.05) is 0 Å². The van der Waals surface area contributed by atoms with Crippen molar-refractivity contribution in [2.45, 2.75) is 17.7 Å². The average molecular weight is 258 g/mol. The molecule has 0 radical (unpaired) electrons. The van der Waals surface area contributed by atoms with Gasteiger partial charge in [0.05, 0.1) is 4.90 Å². The second-order valence-corrected chi connectivity index (χ2v) is 6.10. The predicted molar refractivity (Wildman–Crippen MR) is 59.9 cm³/mol. The van der Waals surface area contributed by atoms with Crippen molar-refractivity contribution in [3.8, 4) is 0 Å². The van der Waals surface area contributed by atoms with Crippen molar-refractivity contribution >= 4 is 16.0 Å². The number of carbonyl (C=O) groups is 1. The summed E-state index contributed by atoms with van der Waals surface area (Å²) in [5.41, 5.74) is 0. The third-order valence-electron chi connectivity index (χ3n) is 2.92. The fraction of sp³-hybridized carbons (Fsp3) is 0.500. The lowest BCUT2D eigenvalue weighted by molar-refractivity contribution is -0.137. The Morgan fingerprint density at radius 3 is 2.94 bits per heavy atom. The lowest BCUT2D eigenvalue weighted by Crippen LogP contribution is -2.28. The molecule has 1 aromatic rings. The highest BCUT2D eigenvalue weighted by Crippen LogP contribution is 2.25. The molecule has 1 fully saturated rings. The van der Waals surface area contributed by atoms with Crippen LogP contribution in [0.2, 0.25) is 0 Å². The molecule has 94 valence electrons. The van der Waals surface area contributed by atoms with Crippen LogP contribution in [0.25, 0.3) is 0 Å². The molecule has 1 unspecified atom stereocenters. The first-order valence-electron chi connectivity index (χ1n) is 5.35. The van der Waals surface area contributed by atoms with Crippen LogP contribution in [0.3, 0.4) is 0 Å². The van der Waals surface area contributed by atoms with E-state index < -0.39 is 16.0 Å². The molecule has 0 spiro atoms. The van der Waals surface area contributed by atoms with Crippen LogP contribution in [0, 0.1) is 5.92 Å². The van der Waals surface area contributed by atoms with Crippen LogP contribution in [-0.2, 0) is 14.8 Å². The fourth-order valence-electron chi connectivity index (χ4n) is 2.05. The molecular weight excluding hydrogens is 244 g/mol. The summed E-state index contributed by atoms with van der Waals surface area (Å²) >= 11 is 0. The number of nitrogens with one attached hydrogen (secondary N) is 1. The Bertz CT molecular complexity index is 494. The van der Waals surface area contributed by atoms with Gasteiger partial charge in [-0.1, -0.05) is 0 Å². The van der Waals surface area contributed by atoms with E-state index in [1.165, 1.54) is 16.6 Å². The number of aliphatic carboxylic acids is 1. The van der Waals surface area contributed by atoms with Crippen LogP contribution >= 0.6 is 0 Å². The molecule has 2 rings (SSSR count). The number of rotatable bonds is 4. The van der Waals surface area contributed by atoms with Gasteiger partial charge in [0.1, 0.15) is 0 Å². The van der Waals surface area contributed by atoms with E-state index >= 15 is 0 Å². The monoisotopic (exact) mass is 258 g/mol. The normalized spacial score (nSPS) is 21.8. The van der Waals surface area contributed by atoms with Gasteiger partial charge in [-0.2, -0.15) is 4.31 Å². The zero-order chi connectivity index (χ0) is 12.5. The van der Waals surface area contributed by atoms with Crippen LogP contribution < -0.4 is 0 Å². The van der Waals surface area contributed by atoms with Gasteiger partial charge in [0.15, 0.2) is 0 Å². The first-order valence-corrected chi connectivity index (χ1v) is 6.79. The number of aromatic amines is 1. The molecule has 2 N–H and O–H groups in total. The topological polar surface area (TPSA) is 90.5 Å². The zero-order valence-corrected chi connectivity index (χ0v) is 9.98. The number of sulfonamides is 1. The van der Waals surface area contributed by atoms with Crippen molar-refractivity contribution in [3.63, 3.8) is 0 Å². The van der Waals surface area contributed by atoms with E-state index in [-0.39, 0.29) is 17.2 Å². The van der Waals surface area contributed by atoms with Crippen LogP contribution in [0.4, 0.5) is 0 Å². The molecule has 0 bridgehead atoms. The molecule has 0 saturated carbocycles. The van der Waals surface area contributed by atoms with Gasteiger partial charge in [-0.25, -0.2) is 8.42 Å². The summed E-state index contributed by atoms with van der Waals surface area (Å²) in [6.45, 7) is 0.686. The third kappa shape index (κ3) is 2.50. The van der Waals surface area contributed by atoms with Crippen molar-refractivity contribution in [2.75, 3.05) is 13.1 Å². The van der Waals surface area contributed by atoms with Gasteiger partial charge in [-0.3, -0.25) is 4.79 Å². The number of carboxylic acid groups (broad SMARTS) is 1. The summed E-state index contributed by atoms with van der Waals surface area (Å²) in [5, 5.41) is 8.67. The lowest BCUT2D eigenvalue weighted by atomic mass is 10.1. The molecule has 0 aromatic carbocycles. The molecule has 7 heteroatoms. The fourth-order valence-corrected chi connectivity index (χ4v) is 3.56. The molecule has 0 amide bonds. The molecular formula is C10H14N2O4S. The number of carboxylic acids is 1. The van der Waals surface area contributed by atoms with Crippen molar-refractivity contribution in [3.05, 3.63) is 18.5 Å². The van der Waals surface area contributed by atoms with Gasteiger partial charge < -0.3 is 10.1 Å². The summed E-state index contributed by atoms with van der Waals surface area (Å²) in [4.78, 5) is 13.5. The highest BCUT2D eigenvalue weighted by Gasteiger charge is 2.33. The second-order valence-electron chi connectivity index (χ2n) is 4.16. The number of hydrogen-bond acceptors (Lipinski definition) is 3. The van der Waals surface area contributed by atoms with Gasteiger partial charge in [-0.15, -0.1) is 0 Å². The van der Waals surface area contributed by atoms with Gasteiger partial charge >= 0.3 is 5.97 Å². The van der Waals surface area contributed by atoms with Crippen molar-refractivity contribution in [1.29, 1.82) is 0 Å². The standard InChI is InChI=1S/C10H14N2O4S/c13-10(14)5-8-2-4-12(7-8)17(15,16)9-1-3-11-6-9/h1,3,6,8,11H,2,4-5,7H2,(H,13,14). The zero-order valence-electron chi connectivity index (χ0n) is 9.17. The van der Waals surface area contributed by atoms with Crippen molar-refractivity contribution in [1.82, 2.24) is 9.29 Å². The second kappa shape index (κ2) is 4.50. The van der Waals surface area contributed by atoms with Crippen LogP contribution in [-0.4, -0.2) is 41.9 Å². The molecule has 1 saturated heterocycles. The number of aromatic nitrogens is 1. The maximum atomic E-state index is 12.1. The summed E-state index contributed by atoms with van der Waals surface area (Å²) < 4.78 is 25.5. The molecule has 1 aliphatic rings. The Hall–Kier alpha value is -1.34. The Morgan fingerprint density at radius 1 is 1.59 bits per heavy atom. The van der Waals surface area contributed by atoms with E-state index in [4.69, 9.17) is 5.11 Å². The number of nitrogens with zero attached hydrogens (tertiary/aromatic N) is 1. The van der Waals surface area contributed by atoms with Gasteiger partial charge in [0, 0.05) is 31.9 Å². The number of hydrogen-bond donors (Lipinski definition) is 2. The van der Waals surface area contributed by atoms with Gasteiger partial charge in [0.2, 0.25) is 10.0 Å². The summed E-state index contributed by atoms with van der Waals surface area (Å²) in [6.07, 6.45) is 3.62. The van der Waals surface area contributed by atoms with Gasteiger partial charge in [-0.05, 0) is 18.4 Å². The van der Waals surface area contributed by atoms with Crippen molar-refractivity contribution in [2.24, 2.45) is 5.92 Å². The smallest absolute Gasteiger partial charge is 0.303 e. The highest BCUT2D eigenvalue weighted by molar-refractivity contribution is 7.89. The Morgan fingerprint density at radius 2 is 2.35 bits per heavy atom. The largest absolute Gasteiger partial charge is 0.481 e. The van der Waals surface area contributed by atoms with E-state index in [0.717, 1.165) is 0 Å². The Labute approximate surface area is 99.3 Å². The van der Waals surface area contributed by atoms with Crippen LogP contribution in [0.1, 0.15) is 12.8 Å². The molecule has 1 atom stereocenters. The Kier molecular flexibility index (Phi) is 3.21. The number of H-pyrrole nitrogens is 1. The summed E-state index contributed by atoms with van der Waals surface area (Å²) in [7, 11) is -3.45. The maximum absolute atomic E-state index is 12.1. The third-order valence-corrected chi connectivity index (χ3v) is 4.78. The predicted octanol–water partition coefficient (Wildman–Crippen LogP) is 0.500. The lowest BCUT2D eigenvalue weighted by Gasteiger charge is -2.14. The average Bonchev–Trinajstić information content (AvgIpc) is 2.85. The minimum atomic E-state index is -3.45. The van der Waals surface area contributed by atoms with E-state index in [2.05, 4.69) is 4.98 Å². The van der Waals surface area contributed by atoms with Crippen LogP contribution in [0.5, 0.6) is 0 Å².